The maximum atomic E-state index is 12.5. The summed E-state index contributed by atoms with van der Waals surface area (Å²) in [6, 6.07) is 9.93. The number of amides is 1. The summed E-state index contributed by atoms with van der Waals surface area (Å²) in [6.07, 6.45) is 3.91. The number of carbonyl (C=O) groups excluding carboxylic acids is 1. The number of rotatable bonds is 6. The molecule has 0 saturated heterocycles. The molecule has 1 aliphatic carbocycles. The van der Waals surface area contributed by atoms with Crippen LogP contribution in [0.2, 0.25) is 0 Å². The maximum absolute atomic E-state index is 12.5. The fraction of sp³-hybridized carbons (Fsp3) is 0.412. The van der Waals surface area contributed by atoms with Gasteiger partial charge < -0.3 is 10.1 Å². The number of aromatic nitrogens is 2. The minimum Gasteiger partial charge on any atom is -0.383 e. The quantitative estimate of drug-likeness (QED) is 0.891. The molecule has 3 rings (SSSR count). The highest BCUT2D eigenvalue weighted by Gasteiger charge is 2.33. The summed E-state index contributed by atoms with van der Waals surface area (Å²) in [5.74, 6) is 0.356. The van der Waals surface area contributed by atoms with Crippen molar-refractivity contribution in [3.8, 4) is 5.69 Å². The maximum Gasteiger partial charge on any atom is 0.255 e. The summed E-state index contributed by atoms with van der Waals surface area (Å²) >= 11 is 0. The lowest BCUT2D eigenvalue weighted by Gasteiger charge is -2.13. The number of benzene rings is 1. The van der Waals surface area contributed by atoms with Gasteiger partial charge in [-0.1, -0.05) is 18.2 Å². The van der Waals surface area contributed by atoms with Crippen molar-refractivity contribution in [1.82, 2.24) is 15.1 Å². The van der Waals surface area contributed by atoms with Crippen LogP contribution in [-0.2, 0) is 4.74 Å². The third-order valence-electron chi connectivity index (χ3n) is 3.81. The Morgan fingerprint density at radius 3 is 2.77 bits per heavy atom. The van der Waals surface area contributed by atoms with E-state index in [2.05, 4.69) is 10.4 Å². The van der Waals surface area contributed by atoms with Crippen molar-refractivity contribution >= 4 is 5.91 Å². The van der Waals surface area contributed by atoms with Crippen molar-refractivity contribution in [2.45, 2.75) is 31.7 Å². The highest BCUT2D eigenvalue weighted by atomic mass is 16.5. The van der Waals surface area contributed by atoms with Gasteiger partial charge in [-0.05, 0) is 31.9 Å². The molecular weight excluding hydrogens is 278 g/mol. The summed E-state index contributed by atoms with van der Waals surface area (Å²) < 4.78 is 6.97. The van der Waals surface area contributed by atoms with Crippen LogP contribution in [0.5, 0.6) is 0 Å². The number of hydrogen-bond acceptors (Lipinski definition) is 3. The molecule has 1 unspecified atom stereocenters. The second-order valence-corrected chi connectivity index (χ2v) is 5.79. The van der Waals surface area contributed by atoms with E-state index in [1.54, 1.807) is 13.3 Å². The van der Waals surface area contributed by atoms with Crippen molar-refractivity contribution in [2.24, 2.45) is 0 Å². The number of nitrogens with one attached hydrogen (secondary N) is 1. The standard InChI is InChI=1S/C17H21N3O2/c1-12(11-22-2)19-17(21)15-10-18-20(16(15)13-8-9-13)14-6-4-3-5-7-14/h3-7,10,12-13H,8-9,11H2,1-2H3,(H,19,21). The lowest BCUT2D eigenvalue weighted by Crippen LogP contribution is -2.35. The predicted molar refractivity (Wildman–Crippen MR) is 84.3 cm³/mol. The second kappa shape index (κ2) is 6.32. The molecule has 1 aliphatic rings. The zero-order valence-corrected chi connectivity index (χ0v) is 13.0. The number of methoxy groups -OCH3 is 1. The lowest BCUT2D eigenvalue weighted by molar-refractivity contribution is 0.0904. The average Bonchev–Trinajstić information content (AvgIpc) is 3.26. The van der Waals surface area contributed by atoms with Crippen molar-refractivity contribution in [1.29, 1.82) is 0 Å². The number of ether oxygens (including phenoxy) is 1. The Hall–Kier alpha value is -2.14. The molecule has 116 valence electrons. The smallest absolute Gasteiger partial charge is 0.255 e. The van der Waals surface area contributed by atoms with E-state index < -0.39 is 0 Å². The third-order valence-corrected chi connectivity index (χ3v) is 3.81. The Morgan fingerprint density at radius 1 is 1.41 bits per heavy atom. The first-order valence-electron chi connectivity index (χ1n) is 7.64. The highest BCUT2D eigenvalue weighted by Crippen LogP contribution is 2.42. The van der Waals surface area contributed by atoms with Crippen LogP contribution in [0.1, 0.15) is 41.7 Å². The van der Waals surface area contributed by atoms with Crippen molar-refractivity contribution in [3.63, 3.8) is 0 Å². The van der Waals surface area contributed by atoms with Gasteiger partial charge in [0, 0.05) is 19.1 Å². The van der Waals surface area contributed by atoms with E-state index >= 15 is 0 Å². The van der Waals surface area contributed by atoms with Crippen LogP contribution in [0.3, 0.4) is 0 Å². The summed E-state index contributed by atoms with van der Waals surface area (Å²) in [5, 5.41) is 7.41. The first kappa shape index (κ1) is 14.8. The van der Waals surface area contributed by atoms with Gasteiger partial charge in [0.05, 0.1) is 29.7 Å². The molecule has 0 radical (unpaired) electrons. The van der Waals surface area contributed by atoms with E-state index in [-0.39, 0.29) is 11.9 Å². The molecule has 1 saturated carbocycles. The van der Waals surface area contributed by atoms with Crippen molar-refractivity contribution < 1.29 is 9.53 Å². The molecule has 1 atom stereocenters. The zero-order valence-electron chi connectivity index (χ0n) is 13.0. The molecule has 5 heteroatoms. The van der Waals surface area contributed by atoms with Crippen LogP contribution >= 0.6 is 0 Å². The highest BCUT2D eigenvalue weighted by molar-refractivity contribution is 5.95. The first-order valence-corrected chi connectivity index (χ1v) is 7.64. The van der Waals surface area contributed by atoms with Gasteiger partial charge >= 0.3 is 0 Å². The van der Waals surface area contributed by atoms with Gasteiger partial charge in [0.15, 0.2) is 0 Å². The van der Waals surface area contributed by atoms with E-state index in [4.69, 9.17) is 4.74 Å². The Balaban J connectivity index is 1.89. The summed E-state index contributed by atoms with van der Waals surface area (Å²) in [5.41, 5.74) is 2.69. The topological polar surface area (TPSA) is 56.1 Å². The fourth-order valence-corrected chi connectivity index (χ4v) is 2.65. The van der Waals surface area contributed by atoms with Crippen LogP contribution in [0, 0.1) is 0 Å². The molecule has 1 heterocycles. The minimum absolute atomic E-state index is 0.0235. The van der Waals surface area contributed by atoms with E-state index in [1.807, 2.05) is 41.9 Å². The number of carbonyl (C=O) groups is 1. The SMILES string of the molecule is COCC(C)NC(=O)c1cnn(-c2ccccc2)c1C1CC1. The van der Waals surface area contributed by atoms with Gasteiger partial charge in [0.25, 0.3) is 5.91 Å². The average molecular weight is 299 g/mol. The van der Waals surface area contributed by atoms with E-state index in [9.17, 15) is 4.79 Å². The number of para-hydroxylation sites is 1. The van der Waals surface area contributed by atoms with Gasteiger partial charge in [-0.3, -0.25) is 4.79 Å². The zero-order chi connectivity index (χ0) is 15.5. The Kier molecular flexibility index (Phi) is 4.24. The molecule has 1 amide bonds. The molecular formula is C17H21N3O2. The van der Waals surface area contributed by atoms with Crippen LogP contribution in [0.4, 0.5) is 0 Å². The predicted octanol–water partition coefficient (Wildman–Crippen LogP) is 2.51. The van der Waals surface area contributed by atoms with E-state index in [0.717, 1.165) is 24.2 Å². The first-order chi connectivity index (χ1) is 10.7. The molecule has 5 nitrogen and oxygen atoms in total. The molecule has 1 aromatic heterocycles. The molecule has 0 spiro atoms. The number of hydrogen-bond donors (Lipinski definition) is 1. The van der Waals surface area contributed by atoms with Crippen LogP contribution in [0.25, 0.3) is 5.69 Å². The van der Waals surface area contributed by atoms with Crippen molar-refractivity contribution in [3.05, 3.63) is 47.8 Å². The van der Waals surface area contributed by atoms with Crippen molar-refractivity contribution in [2.75, 3.05) is 13.7 Å². The van der Waals surface area contributed by atoms with Crippen LogP contribution < -0.4 is 5.32 Å². The van der Waals surface area contributed by atoms with E-state index in [0.29, 0.717) is 18.1 Å². The summed E-state index contributed by atoms with van der Waals surface area (Å²) in [4.78, 5) is 12.5. The minimum atomic E-state index is -0.0753. The fourth-order valence-electron chi connectivity index (χ4n) is 2.65. The molecule has 0 bridgehead atoms. The third kappa shape index (κ3) is 3.04. The largest absolute Gasteiger partial charge is 0.383 e. The Morgan fingerprint density at radius 2 is 2.14 bits per heavy atom. The Labute approximate surface area is 130 Å². The second-order valence-electron chi connectivity index (χ2n) is 5.79. The lowest BCUT2D eigenvalue weighted by atomic mass is 10.1. The molecule has 22 heavy (non-hydrogen) atoms. The monoisotopic (exact) mass is 299 g/mol. The summed E-state index contributed by atoms with van der Waals surface area (Å²) in [6.45, 7) is 2.43. The van der Waals surface area contributed by atoms with Gasteiger partial charge in [0.1, 0.15) is 0 Å². The van der Waals surface area contributed by atoms with Gasteiger partial charge in [-0.2, -0.15) is 5.10 Å². The molecule has 1 aromatic carbocycles. The van der Waals surface area contributed by atoms with Crippen LogP contribution in [-0.4, -0.2) is 35.4 Å². The normalized spacial score (nSPS) is 15.5. The van der Waals surface area contributed by atoms with Crippen LogP contribution in [0.15, 0.2) is 36.5 Å². The molecule has 0 aliphatic heterocycles. The number of nitrogens with zero attached hydrogens (tertiary/aromatic N) is 2. The summed E-state index contributed by atoms with van der Waals surface area (Å²) in [7, 11) is 1.63. The van der Waals surface area contributed by atoms with Gasteiger partial charge in [-0.25, -0.2) is 4.68 Å². The molecule has 2 aromatic rings. The van der Waals surface area contributed by atoms with E-state index in [1.165, 1.54) is 0 Å². The molecule has 1 N–H and O–H groups in total. The van der Waals surface area contributed by atoms with Gasteiger partial charge in [0.2, 0.25) is 0 Å². The Bertz CT molecular complexity index is 647. The van der Waals surface area contributed by atoms with Gasteiger partial charge in [-0.15, -0.1) is 0 Å². The molecule has 1 fully saturated rings.